The number of pyridine rings is 1. The van der Waals surface area contributed by atoms with Crippen molar-refractivity contribution in [3.63, 3.8) is 0 Å². The van der Waals surface area contributed by atoms with Crippen LogP contribution in [-0.4, -0.2) is 26.0 Å². The lowest BCUT2D eigenvalue weighted by Crippen LogP contribution is -2.13. The Morgan fingerprint density at radius 3 is 2.79 bits per heavy atom. The van der Waals surface area contributed by atoms with Crippen LogP contribution in [0.2, 0.25) is 5.02 Å². The molecular weight excluding hydrogens is 479 g/mol. The average molecular weight is 495 g/mol. The van der Waals surface area contributed by atoms with Crippen molar-refractivity contribution < 1.29 is 14.3 Å². The number of nitrogens with two attached hydrogens (primary N) is 1. The van der Waals surface area contributed by atoms with E-state index in [-0.39, 0.29) is 22.4 Å². The van der Waals surface area contributed by atoms with Crippen LogP contribution in [0, 0.1) is 12.7 Å². The molecule has 0 unspecified atom stereocenters. The van der Waals surface area contributed by atoms with Crippen molar-refractivity contribution in [3.05, 3.63) is 70.2 Å². The quantitative estimate of drug-likeness (QED) is 0.239. The lowest BCUT2D eigenvalue weighted by Gasteiger charge is -2.14. The minimum Gasteiger partial charge on any atom is -0.506 e. The van der Waals surface area contributed by atoms with E-state index in [1.807, 2.05) is 25.1 Å². The first-order valence-corrected chi connectivity index (χ1v) is 11.2. The van der Waals surface area contributed by atoms with Gasteiger partial charge in [-0.2, -0.15) is 0 Å². The minimum atomic E-state index is -0.799. The molecule has 3 heterocycles. The lowest BCUT2D eigenvalue weighted by atomic mass is 10.1. The molecule has 0 aliphatic carbocycles. The molecule has 2 aromatic carbocycles. The van der Waals surface area contributed by atoms with Gasteiger partial charge >= 0.3 is 0 Å². The number of aryl methyl sites for hydroxylation is 1. The Balaban J connectivity index is 1.54. The monoisotopic (exact) mass is 494 g/mol. The number of amides is 1. The van der Waals surface area contributed by atoms with Crippen LogP contribution < -0.4 is 16.4 Å². The molecule has 0 atom stereocenters. The molecule has 11 heteroatoms. The second-order valence-corrected chi connectivity index (χ2v) is 8.75. The summed E-state index contributed by atoms with van der Waals surface area (Å²) < 4.78 is 15.2. The Bertz CT molecular complexity index is 1610. The normalized spacial score (nSPS) is 11.1. The zero-order valence-corrected chi connectivity index (χ0v) is 19.1. The first kappa shape index (κ1) is 21.8. The maximum absolute atomic E-state index is 14.5. The third kappa shape index (κ3) is 3.72. The average Bonchev–Trinajstić information content (AvgIpc) is 3.26. The number of thiophene rings is 1. The number of phenolic OH excluding ortho intramolecular Hbond substituents is 1. The summed E-state index contributed by atoms with van der Waals surface area (Å²) in [7, 11) is 0. The smallest absolute Gasteiger partial charge is 0.258 e. The summed E-state index contributed by atoms with van der Waals surface area (Å²) in [5.41, 5.74) is 8.21. The molecule has 0 saturated carbocycles. The van der Waals surface area contributed by atoms with Gasteiger partial charge in [-0.05, 0) is 25.1 Å². The van der Waals surface area contributed by atoms with E-state index in [4.69, 9.17) is 17.3 Å². The van der Waals surface area contributed by atoms with Gasteiger partial charge in [0.25, 0.3) is 5.91 Å². The van der Waals surface area contributed by atoms with Gasteiger partial charge in [0.2, 0.25) is 0 Å². The maximum Gasteiger partial charge on any atom is 0.258 e. The van der Waals surface area contributed by atoms with Gasteiger partial charge in [0, 0.05) is 16.2 Å². The molecule has 8 nitrogen and oxygen atoms in total. The van der Waals surface area contributed by atoms with E-state index in [0.717, 1.165) is 5.56 Å². The number of nitrogen functional groups attached to an aromatic ring is 1. The number of phenols is 1. The minimum absolute atomic E-state index is 0.0518. The molecule has 0 spiro atoms. The number of nitrogens with zero attached hydrogens (tertiary/aromatic N) is 3. The van der Waals surface area contributed by atoms with Gasteiger partial charge in [-0.15, -0.1) is 11.3 Å². The first-order valence-electron chi connectivity index (χ1n) is 9.96. The Labute approximate surface area is 201 Å². The number of anilines is 4. The highest BCUT2D eigenvalue weighted by molar-refractivity contribution is 7.18. The van der Waals surface area contributed by atoms with E-state index in [1.165, 1.54) is 36.0 Å². The van der Waals surface area contributed by atoms with Crippen molar-refractivity contribution in [3.8, 4) is 5.75 Å². The summed E-state index contributed by atoms with van der Waals surface area (Å²) >= 11 is 7.11. The summed E-state index contributed by atoms with van der Waals surface area (Å²) in [4.78, 5) is 25.6. The number of aromatic nitrogens is 3. The van der Waals surface area contributed by atoms with Gasteiger partial charge in [-0.1, -0.05) is 29.3 Å². The molecule has 0 aliphatic rings. The SMILES string of the molecule is Cc1ccc2c(Nc3ccc(O)c(Cl)c3F)ncc(NC(=O)c3csc4c(N)ncnc34)c2c1. The summed E-state index contributed by atoms with van der Waals surface area (Å²) in [5, 5.41) is 18.1. The topological polar surface area (TPSA) is 126 Å². The van der Waals surface area contributed by atoms with Gasteiger partial charge in [0.05, 0.1) is 33.4 Å². The second kappa shape index (κ2) is 8.40. The number of fused-ring (bicyclic) bond motifs is 2. The molecule has 0 saturated heterocycles. The van der Waals surface area contributed by atoms with Crippen molar-refractivity contribution >= 4 is 72.8 Å². The lowest BCUT2D eigenvalue weighted by molar-refractivity contribution is 0.102. The summed E-state index contributed by atoms with van der Waals surface area (Å²) in [6.45, 7) is 1.92. The van der Waals surface area contributed by atoms with E-state index in [1.54, 1.807) is 5.38 Å². The molecule has 3 aromatic heterocycles. The number of carbonyl (C=O) groups is 1. The van der Waals surface area contributed by atoms with Crippen LogP contribution in [0.25, 0.3) is 21.0 Å². The molecule has 0 fully saturated rings. The number of nitrogens with one attached hydrogen (secondary N) is 2. The van der Waals surface area contributed by atoms with Gasteiger partial charge in [-0.3, -0.25) is 4.79 Å². The second-order valence-electron chi connectivity index (χ2n) is 7.49. The Morgan fingerprint density at radius 2 is 1.97 bits per heavy atom. The molecule has 0 radical (unpaired) electrons. The third-order valence-electron chi connectivity index (χ3n) is 5.23. The van der Waals surface area contributed by atoms with Gasteiger partial charge in [0.1, 0.15) is 28.7 Å². The summed E-state index contributed by atoms with van der Waals surface area (Å²) in [6, 6.07) is 8.25. The molecule has 170 valence electrons. The van der Waals surface area contributed by atoms with Crippen LogP contribution in [0.4, 0.5) is 27.4 Å². The van der Waals surface area contributed by atoms with Crippen molar-refractivity contribution in [1.82, 2.24) is 15.0 Å². The van der Waals surface area contributed by atoms with Crippen molar-refractivity contribution in [1.29, 1.82) is 0 Å². The first-order chi connectivity index (χ1) is 16.3. The number of aromatic hydroxyl groups is 1. The van der Waals surface area contributed by atoms with Crippen LogP contribution in [0.15, 0.2) is 48.2 Å². The fourth-order valence-corrected chi connectivity index (χ4v) is 4.60. The van der Waals surface area contributed by atoms with Crippen molar-refractivity contribution in [2.75, 3.05) is 16.4 Å². The predicted octanol–water partition coefficient (Wildman–Crippen LogP) is 5.62. The molecule has 5 N–H and O–H groups in total. The molecule has 5 aromatic rings. The maximum atomic E-state index is 14.5. The van der Waals surface area contributed by atoms with E-state index in [0.29, 0.717) is 43.9 Å². The Morgan fingerprint density at radius 1 is 1.15 bits per heavy atom. The number of carbonyl (C=O) groups excluding carboxylic acids is 1. The highest BCUT2D eigenvalue weighted by Gasteiger charge is 2.18. The molecule has 0 aliphatic heterocycles. The van der Waals surface area contributed by atoms with E-state index in [2.05, 4.69) is 25.6 Å². The zero-order valence-electron chi connectivity index (χ0n) is 17.6. The fourth-order valence-electron chi connectivity index (χ4n) is 3.54. The standard InChI is InChI=1S/C23H16ClFN6O2S/c1-10-2-3-11-12(6-10)15(7-27-22(11)30-14-4-5-16(32)17(24)18(14)25)31-23(33)13-8-34-20-19(13)28-9-29-21(20)26/h2-9,32H,1H3,(H,27,30)(H,31,33)(H2,26,28,29). The fraction of sp³-hybridized carbons (Fsp3) is 0.0435. The van der Waals surface area contributed by atoms with Gasteiger partial charge < -0.3 is 21.5 Å². The van der Waals surface area contributed by atoms with Crippen LogP contribution >= 0.6 is 22.9 Å². The van der Waals surface area contributed by atoms with E-state index < -0.39 is 5.82 Å². The molecule has 5 rings (SSSR count). The van der Waals surface area contributed by atoms with Crippen molar-refractivity contribution in [2.45, 2.75) is 6.92 Å². The van der Waals surface area contributed by atoms with Crippen LogP contribution in [0.5, 0.6) is 5.75 Å². The molecule has 34 heavy (non-hydrogen) atoms. The molecular formula is C23H16ClFN6O2S. The highest BCUT2D eigenvalue weighted by atomic mass is 35.5. The predicted molar refractivity (Wildman–Crippen MR) is 133 cm³/mol. The largest absolute Gasteiger partial charge is 0.506 e. The number of halogens is 2. The Kier molecular flexibility index (Phi) is 5.39. The van der Waals surface area contributed by atoms with Gasteiger partial charge in [0.15, 0.2) is 5.82 Å². The van der Waals surface area contributed by atoms with E-state index in [9.17, 15) is 14.3 Å². The number of hydrogen-bond donors (Lipinski definition) is 4. The summed E-state index contributed by atoms with van der Waals surface area (Å²) in [5.74, 6) is -0.856. The zero-order chi connectivity index (χ0) is 24.0. The van der Waals surface area contributed by atoms with E-state index >= 15 is 0 Å². The number of rotatable bonds is 4. The summed E-state index contributed by atoms with van der Waals surface area (Å²) in [6.07, 6.45) is 2.80. The molecule has 0 bridgehead atoms. The third-order valence-corrected chi connectivity index (χ3v) is 6.58. The Hall–Kier alpha value is -4.02. The highest BCUT2D eigenvalue weighted by Crippen LogP contribution is 2.36. The number of benzene rings is 2. The van der Waals surface area contributed by atoms with Crippen LogP contribution in [0.3, 0.4) is 0 Å². The van der Waals surface area contributed by atoms with Gasteiger partial charge in [-0.25, -0.2) is 19.3 Å². The van der Waals surface area contributed by atoms with Crippen molar-refractivity contribution in [2.24, 2.45) is 0 Å². The van der Waals surface area contributed by atoms with Crippen LogP contribution in [-0.2, 0) is 0 Å². The van der Waals surface area contributed by atoms with Crippen LogP contribution in [0.1, 0.15) is 15.9 Å². The number of hydrogen-bond acceptors (Lipinski definition) is 8. The molecule has 1 amide bonds.